The molecule has 7 heteroatoms. The molecule has 0 heterocycles. The van der Waals surface area contributed by atoms with Crippen LogP contribution in [-0.4, -0.2) is 45.4 Å². The van der Waals surface area contributed by atoms with E-state index in [0.717, 1.165) is 5.56 Å². The normalized spacial score (nSPS) is 11.6. The van der Waals surface area contributed by atoms with Crippen LogP contribution in [-0.2, 0) is 21.4 Å². The summed E-state index contributed by atoms with van der Waals surface area (Å²) in [4.78, 5) is 11.3. The van der Waals surface area contributed by atoms with Crippen molar-refractivity contribution < 1.29 is 17.9 Å². The summed E-state index contributed by atoms with van der Waals surface area (Å²) in [7, 11) is -2.08. The molecule has 0 aliphatic heterocycles. The third-order valence-corrected chi connectivity index (χ3v) is 4.88. The molecule has 0 saturated heterocycles. The topological polar surface area (TPSA) is 75.7 Å². The summed E-state index contributed by atoms with van der Waals surface area (Å²) in [5, 5.41) is 0. The molecule has 0 bridgehead atoms. The molecule has 0 atom stereocenters. The van der Waals surface area contributed by atoms with Gasteiger partial charge in [0.25, 0.3) is 10.2 Å². The van der Waals surface area contributed by atoms with Crippen LogP contribution in [0.15, 0.2) is 24.3 Å². The summed E-state index contributed by atoms with van der Waals surface area (Å²) in [5.41, 5.74) is 1.43. The van der Waals surface area contributed by atoms with E-state index in [0.29, 0.717) is 31.6 Å². The van der Waals surface area contributed by atoms with Gasteiger partial charge >= 0.3 is 5.97 Å². The van der Waals surface area contributed by atoms with Gasteiger partial charge in [0.05, 0.1) is 12.7 Å². The Balaban J connectivity index is 2.55. The predicted molar refractivity (Wildman–Crippen MR) is 81.3 cm³/mol. The second kappa shape index (κ2) is 8.11. The molecule has 0 fully saturated rings. The lowest BCUT2D eigenvalue weighted by atomic mass is 10.1. The molecule has 0 aromatic heterocycles. The Kier molecular flexibility index (Phi) is 6.80. The monoisotopic (exact) mass is 314 g/mol. The van der Waals surface area contributed by atoms with Crippen molar-refractivity contribution in [3.63, 3.8) is 0 Å². The van der Waals surface area contributed by atoms with Crippen molar-refractivity contribution in [3.05, 3.63) is 35.4 Å². The van der Waals surface area contributed by atoms with Gasteiger partial charge in [-0.3, -0.25) is 0 Å². The molecule has 0 amide bonds. The third-order valence-electron chi connectivity index (χ3n) is 3.12. The molecule has 0 saturated carbocycles. The first-order valence-corrected chi connectivity index (χ1v) is 8.30. The van der Waals surface area contributed by atoms with E-state index < -0.39 is 10.2 Å². The second-order valence-electron chi connectivity index (χ2n) is 4.42. The van der Waals surface area contributed by atoms with E-state index in [9.17, 15) is 13.2 Å². The summed E-state index contributed by atoms with van der Waals surface area (Å²) < 4.78 is 32.4. The van der Waals surface area contributed by atoms with Gasteiger partial charge in [0.1, 0.15) is 0 Å². The zero-order valence-electron chi connectivity index (χ0n) is 12.6. The van der Waals surface area contributed by atoms with Crippen molar-refractivity contribution in [2.45, 2.75) is 20.3 Å². The number of nitrogens with zero attached hydrogens (tertiary/aromatic N) is 1. The lowest BCUT2D eigenvalue weighted by molar-refractivity contribution is 0.0600. The van der Waals surface area contributed by atoms with Gasteiger partial charge in [-0.05, 0) is 24.1 Å². The van der Waals surface area contributed by atoms with Gasteiger partial charge in [0.2, 0.25) is 0 Å². The molecule has 1 rings (SSSR count). The molecule has 1 aromatic rings. The molecule has 0 spiro atoms. The van der Waals surface area contributed by atoms with Gasteiger partial charge < -0.3 is 4.74 Å². The van der Waals surface area contributed by atoms with Crippen LogP contribution in [0.4, 0.5) is 0 Å². The van der Waals surface area contributed by atoms with Crippen LogP contribution in [0.25, 0.3) is 0 Å². The molecular formula is C14H22N2O4S. The van der Waals surface area contributed by atoms with Crippen LogP contribution in [0, 0.1) is 0 Å². The molecular weight excluding hydrogens is 292 g/mol. The van der Waals surface area contributed by atoms with Crippen LogP contribution in [0.3, 0.4) is 0 Å². The summed E-state index contributed by atoms with van der Waals surface area (Å²) in [6.07, 6.45) is 0.557. The van der Waals surface area contributed by atoms with Crippen molar-refractivity contribution in [2.75, 3.05) is 26.7 Å². The quantitative estimate of drug-likeness (QED) is 0.731. The number of rotatable bonds is 8. The zero-order valence-corrected chi connectivity index (χ0v) is 13.4. The fourth-order valence-electron chi connectivity index (χ4n) is 1.90. The molecule has 21 heavy (non-hydrogen) atoms. The largest absolute Gasteiger partial charge is 0.465 e. The molecule has 118 valence electrons. The maximum absolute atomic E-state index is 11.9. The van der Waals surface area contributed by atoms with Gasteiger partial charge in [0.15, 0.2) is 0 Å². The smallest absolute Gasteiger partial charge is 0.337 e. The summed E-state index contributed by atoms with van der Waals surface area (Å²) in [6.45, 7) is 4.80. The minimum absolute atomic E-state index is 0.316. The Morgan fingerprint density at radius 2 is 1.76 bits per heavy atom. The van der Waals surface area contributed by atoms with E-state index in [1.165, 1.54) is 11.4 Å². The van der Waals surface area contributed by atoms with Crippen LogP contribution in [0.5, 0.6) is 0 Å². The second-order valence-corrected chi connectivity index (χ2v) is 6.18. The van der Waals surface area contributed by atoms with Crippen LogP contribution in [0.1, 0.15) is 29.8 Å². The van der Waals surface area contributed by atoms with Gasteiger partial charge in [-0.15, -0.1) is 0 Å². The standard InChI is InChI=1S/C14H22N2O4S/c1-4-16(5-2)21(18,19)15-11-10-12-6-8-13(9-7-12)14(17)20-3/h6-9,15H,4-5,10-11H2,1-3H3. The van der Waals surface area contributed by atoms with Crippen LogP contribution >= 0.6 is 0 Å². The van der Waals surface area contributed by atoms with Gasteiger partial charge in [0, 0.05) is 19.6 Å². The molecule has 1 N–H and O–H groups in total. The van der Waals surface area contributed by atoms with Crippen LogP contribution in [0.2, 0.25) is 0 Å². The van der Waals surface area contributed by atoms with Crippen molar-refractivity contribution >= 4 is 16.2 Å². The maximum Gasteiger partial charge on any atom is 0.337 e. The first kappa shape index (κ1) is 17.6. The molecule has 0 aliphatic rings. The average molecular weight is 314 g/mol. The number of hydrogen-bond donors (Lipinski definition) is 1. The van der Waals surface area contributed by atoms with Crippen molar-refractivity contribution in [3.8, 4) is 0 Å². The highest BCUT2D eigenvalue weighted by Crippen LogP contribution is 2.06. The fourth-order valence-corrected chi connectivity index (χ4v) is 3.13. The maximum atomic E-state index is 11.9. The Hall–Kier alpha value is -1.44. The first-order valence-electron chi connectivity index (χ1n) is 6.86. The third kappa shape index (κ3) is 5.11. The summed E-state index contributed by atoms with van der Waals surface area (Å²) in [6, 6.07) is 6.91. The number of nitrogens with one attached hydrogen (secondary N) is 1. The van der Waals surface area contributed by atoms with E-state index >= 15 is 0 Å². The lowest BCUT2D eigenvalue weighted by Crippen LogP contribution is -2.41. The first-order chi connectivity index (χ1) is 9.94. The van der Waals surface area contributed by atoms with E-state index in [1.807, 2.05) is 0 Å². The zero-order chi connectivity index (χ0) is 15.9. The molecule has 0 aliphatic carbocycles. The number of methoxy groups -OCH3 is 1. The van der Waals surface area contributed by atoms with Crippen molar-refractivity contribution in [1.82, 2.24) is 9.03 Å². The van der Waals surface area contributed by atoms with Gasteiger partial charge in [-0.25, -0.2) is 9.52 Å². The Morgan fingerprint density at radius 1 is 1.19 bits per heavy atom. The Morgan fingerprint density at radius 3 is 2.24 bits per heavy atom. The fraction of sp³-hybridized carbons (Fsp3) is 0.500. The SMILES string of the molecule is CCN(CC)S(=O)(=O)NCCc1ccc(C(=O)OC)cc1. The Labute approximate surface area is 126 Å². The van der Waals surface area contributed by atoms with E-state index in [-0.39, 0.29) is 5.97 Å². The molecule has 6 nitrogen and oxygen atoms in total. The number of carbonyl (C=O) groups excluding carboxylic acids is 1. The number of esters is 1. The molecule has 0 unspecified atom stereocenters. The van der Waals surface area contributed by atoms with Gasteiger partial charge in [-0.2, -0.15) is 12.7 Å². The number of ether oxygens (including phenoxy) is 1. The molecule has 0 radical (unpaired) electrons. The highest BCUT2D eigenvalue weighted by atomic mass is 32.2. The number of benzene rings is 1. The minimum atomic E-state index is -3.41. The number of hydrogen-bond acceptors (Lipinski definition) is 4. The average Bonchev–Trinajstić information content (AvgIpc) is 2.48. The summed E-state index contributed by atoms with van der Waals surface area (Å²) >= 11 is 0. The lowest BCUT2D eigenvalue weighted by Gasteiger charge is -2.18. The van der Waals surface area contributed by atoms with Crippen molar-refractivity contribution in [1.29, 1.82) is 0 Å². The Bertz CT molecular complexity index is 551. The highest BCUT2D eigenvalue weighted by molar-refractivity contribution is 7.87. The highest BCUT2D eigenvalue weighted by Gasteiger charge is 2.17. The van der Waals surface area contributed by atoms with E-state index in [1.54, 1.807) is 38.1 Å². The predicted octanol–water partition coefficient (Wildman–Crippen LogP) is 1.19. The van der Waals surface area contributed by atoms with E-state index in [2.05, 4.69) is 9.46 Å². The molecule has 1 aromatic carbocycles. The van der Waals surface area contributed by atoms with Crippen molar-refractivity contribution in [2.24, 2.45) is 0 Å². The minimum Gasteiger partial charge on any atom is -0.465 e. The number of carbonyl (C=O) groups is 1. The van der Waals surface area contributed by atoms with E-state index in [4.69, 9.17) is 0 Å². The van der Waals surface area contributed by atoms with Crippen LogP contribution < -0.4 is 4.72 Å². The van der Waals surface area contributed by atoms with Gasteiger partial charge in [-0.1, -0.05) is 26.0 Å². The summed E-state index contributed by atoms with van der Waals surface area (Å²) in [5.74, 6) is -0.385.